The predicted octanol–water partition coefficient (Wildman–Crippen LogP) is -3.26. The van der Waals surface area contributed by atoms with E-state index in [9.17, 15) is 55.2 Å². The largest absolute Gasteiger partial charge is 0.504 e. The van der Waals surface area contributed by atoms with Crippen LogP contribution >= 0.6 is 0 Å². The molecule has 25 nitrogen and oxygen atoms in total. The van der Waals surface area contributed by atoms with Gasteiger partial charge < -0.3 is 90.5 Å². The number of Topliss-reactive ketones (excluding diaryl/α,β-unsaturated/α-hetero) is 1. The molecule has 25 heteroatoms. The number of carbonyl (C=O) groups is 3. The highest BCUT2D eigenvalue weighted by atomic mass is 16.7. The minimum Gasteiger partial charge on any atom is -0.504 e. The van der Waals surface area contributed by atoms with Gasteiger partial charge in [-0.05, 0) is 61.7 Å². The second-order valence-corrected chi connectivity index (χ2v) is 17.4. The highest BCUT2D eigenvalue weighted by Crippen LogP contribution is 2.35. The number of ketones is 1. The fourth-order valence-corrected chi connectivity index (χ4v) is 8.50. The Balaban J connectivity index is 0.000000207. The van der Waals surface area contributed by atoms with Gasteiger partial charge >= 0.3 is 0 Å². The third kappa shape index (κ3) is 10.8. The summed E-state index contributed by atoms with van der Waals surface area (Å²) in [6, 6.07) is 8.42. The Morgan fingerprint density at radius 2 is 1.59 bits per heavy atom. The SMILES string of the molecule is CC(=O)[C@H]1O[C@@H](Oc2ccc(/C=C(\C)C(=O)N[C@H]3[C@@H](O)[C@H](O)[C@@H]4OCO[C@@H]4[C@H]3O)cc2O)[C@@H](O)[C@@H]1O.COc1ccc(C[C@H](N)C(=O)N[C@H]2[C@@H](O)[C@H](n3cnc4c(N(C)C)ncnc43)O[C@@H]2CO)cc1. The lowest BCUT2D eigenvalue weighted by Gasteiger charge is -2.41. The lowest BCUT2D eigenvalue weighted by Crippen LogP contribution is -2.67. The molecular weight excluding hydrogens is 925 g/mol. The van der Waals surface area contributed by atoms with Gasteiger partial charge in [-0.1, -0.05) is 18.2 Å². The zero-order valence-electron chi connectivity index (χ0n) is 38.6. The number of imidazole rings is 1. The molecule has 12 N–H and O–H groups in total. The average molecular weight is 983 g/mol. The summed E-state index contributed by atoms with van der Waals surface area (Å²) in [6.45, 7) is 2.11. The van der Waals surface area contributed by atoms with Gasteiger partial charge in [-0.3, -0.25) is 19.0 Å². The van der Waals surface area contributed by atoms with Crippen LogP contribution in [0.5, 0.6) is 17.2 Å². The predicted molar refractivity (Wildman–Crippen MR) is 242 cm³/mol. The number of amides is 2. The zero-order valence-corrected chi connectivity index (χ0v) is 38.6. The normalized spacial score (nSPS) is 31.0. The molecule has 2 aromatic carbocycles. The van der Waals surface area contributed by atoms with Gasteiger partial charge in [0.25, 0.3) is 0 Å². The maximum absolute atomic E-state index is 12.8. The van der Waals surface area contributed by atoms with E-state index in [0.717, 1.165) is 5.56 Å². The molecule has 4 fully saturated rings. The number of benzene rings is 2. The van der Waals surface area contributed by atoms with Gasteiger partial charge in [0.15, 0.2) is 40.5 Å². The minimum absolute atomic E-state index is 0.0921. The quantitative estimate of drug-likeness (QED) is 0.0553. The van der Waals surface area contributed by atoms with Crippen LogP contribution in [0.4, 0.5) is 5.82 Å². The molecule has 8 rings (SSSR count). The molecule has 3 saturated heterocycles. The van der Waals surface area contributed by atoms with E-state index in [1.165, 1.54) is 50.8 Å². The number of carbonyl (C=O) groups excluding carboxylic acids is 3. The third-order valence-corrected chi connectivity index (χ3v) is 12.3. The summed E-state index contributed by atoms with van der Waals surface area (Å²) in [4.78, 5) is 51.7. The second-order valence-electron chi connectivity index (χ2n) is 17.4. The van der Waals surface area contributed by atoms with E-state index in [1.54, 1.807) is 28.7 Å². The molecule has 0 unspecified atom stereocenters. The van der Waals surface area contributed by atoms with Crippen molar-refractivity contribution < 1.29 is 83.7 Å². The lowest BCUT2D eigenvalue weighted by atomic mass is 9.83. The highest BCUT2D eigenvalue weighted by Gasteiger charge is 2.54. The maximum Gasteiger partial charge on any atom is 0.247 e. The molecule has 70 heavy (non-hydrogen) atoms. The van der Waals surface area contributed by atoms with E-state index in [0.29, 0.717) is 34.7 Å². The van der Waals surface area contributed by atoms with Gasteiger partial charge in [0, 0.05) is 19.7 Å². The zero-order chi connectivity index (χ0) is 50.7. The number of methoxy groups -OCH3 is 1. The summed E-state index contributed by atoms with van der Waals surface area (Å²) in [7, 11) is 5.25. The molecule has 4 aromatic rings. The Hall–Kier alpha value is -5.94. The number of nitrogens with two attached hydrogens (primary N) is 1. The van der Waals surface area contributed by atoms with Gasteiger partial charge in [0.05, 0.1) is 38.2 Å². The van der Waals surface area contributed by atoms with Crippen molar-refractivity contribution in [2.45, 2.75) is 112 Å². The monoisotopic (exact) mass is 982 g/mol. The number of hydrogen-bond acceptors (Lipinski definition) is 22. The molecule has 2 aromatic heterocycles. The first-order valence-electron chi connectivity index (χ1n) is 22.1. The molecule has 3 aliphatic heterocycles. The number of fused-ring (bicyclic) bond motifs is 2. The number of phenolic OH excluding ortho intramolecular Hbond substituents is 1. The number of aliphatic hydroxyl groups excluding tert-OH is 7. The molecule has 15 atom stereocenters. The van der Waals surface area contributed by atoms with Crippen LogP contribution in [0.1, 0.15) is 31.2 Å². The summed E-state index contributed by atoms with van der Waals surface area (Å²) in [6.07, 6.45) is -9.94. The summed E-state index contributed by atoms with van der Waals surface area (Å²) < 4.78 is 33.7. The van der Waals surface area contributed by atoms with Crippen molar-refractivity contribution in [2.24, 2.45) is 5.73 Å². The first-order valence-corrected chi connectivity index (χ1v) is 22.1. The number of ether oxygens (including phenoxy) is 6. The highest BCUT2D eigenvalue weighted by molar-refractivity contribution is 5.97. The number of phenols is 1. The number of hydrogen-bond donors (Lipinski definition) is 11. The number of rotatable bonds is 14. The fourth-order valence-electron chi connectivity index (χ4n) is 8.50. The molecule has 0 bridgehead atoms. The first kappa shape index (κ1) is 51.9. The summed E-state index contributed by atoms with van der Waals surface area (Å²) in [5.74, 6) is -0.726. The lowest BCUT2D eigenvalue weighted by molar-refractivity contribution is -0.155. The number of nitrogens with zero attached hydrogens (tertiary/aromatic N) is 5. The van der Waals surface area contributed by atoms with Crippen LogP contribution < -0.4 is 30.7 Å². The molecule has 0 spiro atoms. The van der Waals surface area contributed by atoms with E-state index in [2.05, 4.69) is 25.6 Å². The number of nitrogens with one attached hydrogen (secondary N) is 2. The molecule has 2 amide bonds. The fraction of sp³-hybridized carbons (Fsp3) is 0.511. The van der Waals surface area contributed by atoms with Crippen molar-refractivity contribution in [1.29, 1.82) is 0 Å². The van der Waals surface area contributed by atoms with Crippen molar-refractivity contribution >= 4 is 40.7 Å². The van der Waals surface area contributed by atoms with Crippen LogP contribution in [-0.4, -0.2) is 198 Å². The second kappa shape index (κ2) is 22.0. The third-order valence-electron chi connectivity index (χ3n) is 12.3. The van der Waals surface area contributed by atoms with Crippen LogP contribution in [0, 0.1) is 0 Å². The molecule has 5 heterocycles. The molecule has 380 valence electrons. The topological polar surface area (TPSA) is 365 Å². The van der Waals surface area contributed by atoms with Gasteiger partial charge in [0.1, 0.15) is 79.9 Å². The Labute approximate surface area is 400 Å². The Morgan fingerprint density at radius 1 is 0.886 bits per heavy atom. The Bertz CT molecular complexity index is 2510. The molecule has 1 saturated carbocycles. The Kier molecular flexibility index (Phi) is 16.3. The maximum atomic E-state index is 12.8. The van der Waals surface area contributed by atoms with E-state index >= 15 is 0 Å². The van der Waals surface area contributed by atoms with Crippen LogP contribution in [0.3, 0.4) is 0 Å². The van der Waals surface area contributed by atoms with Crippen LogP contribution in [-0.2, 0) is 39.8 Å². The van der Waals surface area contributed by atoms with Crippen LogP contribution in [0.2, 0.25) is 0 Å². The minimum atomic E-state index is -1.51. The molecule has 0 radical (unpaired) electrons. The smallest absolute Gasteiger partial charge is 0.247 e. The van der Waals surface area contributed by atoms with Gasteiger partial charge in [-0.15, -0.1) is 0 Å². The summed E-state index contributed by atoms with van der Waals surface area (Å²) in [5.41, 5.74) is 8.52. The van der Waals surface area contributed by atoms with Crippen LogP contribution in [0.15, 0.2) is 60.7 Å². The van der Waals surface area contributed by atoms with Crippen molar-refractivity contribution in [3.05, 3.63) is 71.8 Å². The number of aliphatic hydroxyl groups is 7. The summed E-state index contributed by atoms with van der Waals surface area (Å²) in [5, 5.41) is 87.5. The van der Waals surface area contributed by atoms with Crippen molar-refractivity contribution in [3.63, 3.8) is 0 Å². The van der Waals surface area contributed by atoms with E-state index in [1.807, 2.05) is 26.2 Å². The molecule has 4 aliphatic rings. The standard InChI is InChI=1S/C23H29NO12.C22H29N7O5/c1-8(22(32)24-13-14(27)16(29)21-20(15(13)28)33-7-34-21)5-10-3-4-12(11(26)6-10)35-23-18(31)17(30)19(36-23)9(2)25;1-28(2)19-17-20(25-10-24-19)29(11-26-17)22-18(31)16(15(9-30)34-22)27-21(32)14(23)8-12-4-6-13(33-3)7-5-12/h3-6,13-21,23,26-31H,7H2,1-2H3,(H,24,32);4-7,10-11,14-16,18,22,30-31H,8-9,23H2,1-3H3,(H,27,32)/b8-5+;/t13-,14+,15-,16-,17-,18-,19+,20+,21-,23+;14-,15+,16+,18+,22+/m00/s1. The van der Waals surface area contributed by atoms with E-state index in [4.69, 9.17) is 34.2 Å². The Morgan fingerprint density at radius 3 is 2.21 bits per heavy atom. The van der Waals surface area contributed by atoms with Gasteiger partial charge in [-0.25, -0.2) is 15.0 Å². The van der Waals surface area contributed by atoms with Crippen LogP contribution in [0.25, 0.3) is 17.2 Å². The van der Waals surface area contributed by atoms with E-state index in [-0.39, 0.29) is 23.9 Å². The molecule has 1 aliphatic carbocycles. The summed E-state index contributed by atoms with van der Waals surface area (Å²) >= 11 is 0. The van der Waals surface area contributed by atoms with Gasteiger partial charge in [0.2, 0.25) is 18.1 Å². The number of aromatic hydroxyl groups is 1. The van der Waals surface area contributed by atoms with Gasteiger partial charge in [-0.2, -0.15) is 0 Å². The number of aromatic nitrogens is 4. The van der Waals surface area contributed by atoms with Crippen molar-refractivity contribution in [1.82, 2.24) is 30.2 Å². The first-order chi connectivity index (χ1) is 33.3. The molecular formula is C45H58N8O17. The van der Waals surface area contributed by atoms with Crippen molar-refractivity contribution in [2.75, 3.05) is 39.5 Å². The average Bonchev–Trinajstić information content (AvgIpc) is 4.14. The van der Waals surface area contributed by atoms with Crippen molar-refractivity contribution in [3.8, 4) is 17.2 Å². The van der Waals surface area contributed by atoms with E-state index < -0.39 is 116 Å². The number of anilines is 1.